The average molecular weight is 264 g/mol. The van der Waals surface area contributed by atoms with E-state index in [1.165, 1.54) is 0 Å². The van der Waals surface area contributed by atoms with Gasteiger partial charge in [0.15, 0.2) is 5.78 Å². The molecule has 0 atom stereocenters. The van der Waals surface area contributed by atoms with Gasteiger partial charge in [-0.2, -0.15) is 0 Å². The Morgan fingerprint density at radius 1 is 1.62 bits per heavy atom. The summed E-state index contributed by atoms with van der Waals surface area (Å²) in [4.78, 5) is 11.2. The maximum Gasteiger partial charge on any atom is 0.177 e. The van der Waals surface area contributed by atoms with Crippen LogP contribution in [0.3, 0.4) is 0 Å². The largest absolute Gasteiger partial charge is 0.506 e. The minimum atomic E-state index is -0.179. The molecule has 0 aliphatic carbocycles. The first-order valence-corrected chi connectivity index (χ1v) is 4.98. The number of alkyl halides is 1. The molecule has 13 heavy (non-hydrogen) atoms. The highest BCUT2D eigenvalue weighted by Crippen LogP contribution is 2.29. The van der Waals surface area contributed by atoms with Crippen LogP contribution in [0.5, 0.6) is 5.75 Å². The molecule has 1 N–H and O–H groups in total. The Bertz CT molecular complexity index is 350. The number of aromatic hydroxyl groups is 1. The number of phenols is 1. The summed E-state index contributed by atoms with van der Waals surface area (Å²) in [5.74, 6) is -0.153. The monoisotopic (exact) mass is 262 g/mol. The Morgan fingerprint density at radius 2 is 2.23 bits per heavy atom. The number of hydrogen-bond donors (Lipinski definition) is 1. The van der Waals surface area contributed by atoms with Crippen LogP contribution in [-0.4, -0.2) is 16.8 Å². The van der Waals surface area contributed by atoms with Gasteiger partial charge in [0.05, 0.1) is 10.4 Å². The third-order valence-electron chi connectivity index (χ3n) is 1.80. The highest BCUT2D eigenvalue weighted by molar-refractivity contribution is 9.10. The molecule has 1 aromatic rings. The fourth-order valence-corrected chi connectivity index (χ4v) is 1.61. The summed E-state index contributed by atoms with van der Waals surface area (Å²) in [6.07, 6.45) is 0. The third kappa shape index (κ3) is 2.03. The molecule has 0 bridgehead atoms. The van der Waals surface area contributed by atoms with Crippen molar-refractivity contribution in [2.45, 2.75) is 6.92 Å². The van der Waals surface area contributed by atoms with Gasteiger partial charge in [0, 0.05) is 11.1 Å². The van der Waals surface area contributed by atoms with Crippen molar-refractivity contribution in [1.29, 1.82) is 0 Å². The van der Waals surface area contributed by atoms with Crippen LogP contribution < -0.4 is 0 Å². The molecule has 0 saturated carbocycles. The molecule has 0 aliphatic rings. The lowest BCUT2D eigenvalue weighted by molar-refractivity contribution is 0.102. The van der Waals surface area contributed by atoms with E-state index in [2.05, 4.69) is 15.9 Å². The van der Waals surface area contributed by atoms with E-state index in [-0.39, 0.29) is 17.4 Å². The van der Waals surface area contributed by atoms with Crippen LogP contribution in [-0.2, 0) is 0 Å². The Labute approximate surface area is 89.7 Å². The summed E-state index contributed by atoms with van der Waals surface area (Å²) in [6, 6.07) is 3.27. The third-order valence-corrected chi connectivity index (χ3v) is 2.69. The van der Waals surface area contributed by atoms with Gasteiger partial charge >= 0.3 is 0 Å². The van der Waals surface area contributed by atoms with E-state index in [0.717, 1.165) is 0 Å². The number of hydrogen-bond acceptors (Lipinski definition) is 2. The van der Waals surface area contributed by atoms with Crippen LogP contribution in [0, 0.1) is 6.92 Å². The summed E-state index contributed by atoms with van der Waals surface area (Å²) in [5.41, 5.74) is 1.02. The van der Waals surface area contributed by atoms with Crippen molar-refractivity contribution in [3.05, 3.63) is 27.7 Å². The van der Waals surface area contributed by atoms with Crippen LogP contribution in [0.2, 0.25) is 0 Å². The fourth-order valence-electron chi connectivity index (χ4n) is 1.04. The molecule has 0 spiro atoms. The van der Waals surface area contributed by atoms with Crippen molar-refractivity contribution in [1.82, 2.24) is 0 Å². The molecule has 0 aliphatic heterocycles. The van der Waals surface area contributed by atoms with Crippen molar-refractivity contribution in [3.63, 3.8) is 0 Å². The molecule has 2 nitrogen and oxygen atoms in total. The Morgan fingerprint density at radius 3 is 2.77 bits per heavy atom. The van der Waals surface area contributed by atoms with Gasteiger partial charge < -0.3 is 5.11 Å². The molecular formula is C9H8BrClO2. The second kappa shape index (κ2) is 4.11. The highest BCUT2D eigenvalue weighted by Gasteiger charge is 2.12. The smallest absolute Gasteiger partial charge is 0.177 e. The Hall–Kier alpha value is -0.540. The van der Waals surface area contributed by atoms with Crippen LogP contribution in [0.4, 0.5) is 0 Å². The van der Waals surface area contributed by atoms with Gasteiger partial charge in [-0.25, -0.2) is 0 Å². The predicted octanol–water partition coefficient (Wildman–Crippen LogP) is 2.88. The van der Waals surface area contributed by atoms with Gasteiger partial charge in [0.25, 0.3) is 0 Å². The zero-order chi connectivity index (χ0) is 10.0. The Kier molecular flexibility index (Phi) is 3.33. The standard InChI is InChI=1S/C9H8BrClO2/c1-5-6(8(12)4-11)2-3-7(10)9(5)13/h2-3,13H,4H2,1H3. The molecule has 0 heterocycles. The van der Waals surface area contributed by atoms with E-state index in [9.17, 15) is 9.90 Å². The zero-order valence-corrected chi connectivity index (χ0v) is 9.32. The van der Waals surface area contributed by atoms with Crippen molar-refractivity contribution < 1.29 is 9.90 Å². The number of Topliss-reactive ketones (excluding diaryl/α,β-unsaturated/α-hetero) is 1. The molecule has 0 saturated heterocycles. The lowest BCUT2D eigenvalue weighted by Gasteiger charge is -2.06. The maximum absolute atomic E-state index is 11.2. The number of carbonyl (C=O) groups excluding carboxylic acids is 1. The van der Waals surface area contributed by atoms with E-state index < -0.39 is 0 Å². The average Bonchev–Trinajstić information content (AvgIpc) is 2.13. The van der Waals surface area contributed by atoms with Gasteiger partial charge in [-0.1, -0.05) is 0 Å². The summed E-state index contributed by atoms with van der Waals surface area (Å²) in [6.45, 7) is 1.68. The molecule has 1 aromatic carbocycles. The summed E-state index contributed by atoms with van der Waals surface area (Å²) < 4.78 is 0.580. The lowest BCUT2D eigenvalue weighted by atomic mass is 10.1. The van der Waals surface area contributed by atoms with Crippen molar-refractivity contribution >= 4 is 33.3 Å². The van der Waals surface area contributed by atoms with Crippen LogP contribution in [0.15, 0.2) is 16.6 Å². The van der Waals surface area contributed by atoms with Gasteiger partial charge in [0.1, 0.15) is 5.75 Å². The summed E-state index contributed by atoms with van der Waals surface area (Å²) in [5, 5.41) is 9.49. The molecule has 0 unspecified atom stereocenters. The predicted molar refractivity (Wildman–Crippen MR) is 55.6 cm³/mol. The summed E-state index contributed by atoms with van der Waals surface area (Å²) >= 11 is 8.56. The molecule has 70 valence electrons. The van der Waals surface area contributed by atoms with Crippen LogP contribution in [0.25, 0.3) is 0 Å². The number of carbonyl (C=O) groups is 1. The van der Waals surface area contributed by atoms with E-state index >= 15 is 0 Å². The van der Waals surface area contributed by atoms with Crippen LogP contribution in [0.1, 0.15) is 15.9 Å². The second-order valence-corrected chi connectivity index (χ2v) is 3.75. The first-order valence-electron chi connectivity index (χ1n) is 3.65. The van der Waals surface area contributed by atoms with Crippen molar-refractivity contribution in [2.24, 2.45) is 0 Å². The van der Waals surface area contributed by atoms with Crippen LogP contribution >= 0.6 is 27.5 Å². The SMILES string of the molecule is Cc1c(C(=O)CCl)ccc(Br)c1O. The number of ketones is 1. The summed E-state index contributed by atoms with van der Waals surface area (Å²) in [7, 11) is 0. The second-order valence-electron chi connectivity index (χ2n) is 2.63. The van der Waals surface area contributed by atoms with E-state index in [0.29, 0.717) is 15.6 Å². The highest BCUT2D eigenvalue weighted by atomic mass is 79.9. The normalized spacial score (nSPS) is 10.1. The maximum atomic E-state index is 11.2. The van der Waals surface area contributed by atoms with Gasteiger partial charge in [-0.3, -0.25) is 4.79 Å². The minimum Gasteiger partial charge on any atom is -0.506 e. The number of benzene rings is 1. The number of halogens is 2. The van der Waals surface area contributed by atoms with E-state index in [4.69, 9.17) is 11.6 Å². The molecule has 0 aromatic heterocycles. The van der Waals surface area contributed by atoms with Crippen molar-refractivity contribution in [2.75, 3.05) is 5.88 Å². The lowest BCUT2D eigenvalue weighted by Crippen LogP contribution is -2.02. The van der Waals surface area contributed by atoms with E-state index in [1.807, 2.05) is 0 Å². The molecule has 0 amide bonds. The zero-order valence-electron chi connectivity index (χ0n) is 6.97. The molecule has 0 radical (unpaired) electrons. The van der Waals surface area contributed by atoms with Crippen molar-refractivity contribution in [3.8, 4) is 5.75 Å². The molecule has 4 heteroatoms. The molecule has 1 rings (SSSR count). The molecular weight excluding hydrogens is 255 g/mol. The Balaban J connectivity index is 3.26. The fraction of sp³-hybridized carbons (Fsp3) is 0.222. The quantitative estimate of drug-likeness (QED) is 0.658. The first-order chi connectivity index (χ1) is 6.07. The van der Waals surface area contributed by atoms with E-state index in [1.54, 1.807) is 19.1 Å². The topological polar surface area (TPSA) is 37.3 Å². The molecule has 0 fully saturated rings. The van der Waals surface area contributed by atoms with Gasteiger partial charge in [0.2, 0.25) is 0 Å². The number of phenolic OH excluding ortho intramolecular Hbond substituents is 1. The number of rotatable bonds is 2. The van der Waals surface area contributed by atoms with Gasteiger partial charge in [-0.05, 0) is 35.0 Å². The van der Waals surface area contributed by atoms with Gasteiger partial charge in [-0.15, -0.1) is 11.6 Å². The minimum absolute atomic E-state index is 0.0675. The first kappa shape index (κ1) is 10.5.